The molecule has 4 nitrogen and oxygen atoms in total. The number of halogens is 2. The van der Waals surface area contributed by atoms with Crippen LogP contribution < -0.4 is 4.74 Å². The first-order valence-electron chi connectivity index (χ1n) is 13.1. The van der Waals surface area contributed by atoms with Crippen molar-refractivity contribution in [2.45, 2.75) is 57.3 Å². The third-order valence-electron chi connectivity index (χ3n) is 8.74. The average Bonchev–Trinajstić information content (AvgIpc) is 3.54. The molecule has 4 aliphatic rings. The quantitative estimate of drug-likeness (QED) is 0.229. The molecule has 0 spiro atoms. The molecule has 2 heterocycles. The third kappa shape index (κ3) is 4.39. The maximum atomic E-state index is 6.56. The van der Waals surface area contributed by atoms with Crippen molar-refractivity contribution in [1.82, 2.24) is 10.1 Å². The van der Waals surface area contributed by atoms with Crippen LogP contribution in [-0.4, -0.2) is 16.7 Å². The summed E-state index contributed by atoms with van der Waals surface area (Å²) in [5, 5.41) is 6.45. The molecule has 7 heteroatoms. The maximum Gasteiger partial charge on any atom is 0.274 e. The normalized spacial score (nSPS) is 25.4. The van der Waals surface area contributed by atoms with Crippen LogP contribution in [0.4, 0.5) is 0 Å². The van der Waals surface area contributed by atoms with Gasteiger partial charge in [0.25, 0.3) is 5.19 Å². The highest BCUT2D eigenvalue weighted by Gasteiger charge is 2.48. The lowest BCUT2D eigenvalue weighted by atomic mass is 9.54. The monoisotopic (exact) mass is 550 g/mol. The lowest BCUT2D eigenvalue weighted by Crippen LogP contribution is -2.43. The molecule has 37 heavy (non-hydrogen) atoms. The van der Waals surface area contributed by atoms with Crippen LogP contribution in [0.2, 0.25) is 10.0 Å². The summed E-state index contributed by atoms with van der Waals surface area (Å²) in [6, 6.07) is 13.8. The molecule has 0 unspecified atom stereocenters. The second-order valence-corrected chi connectivity index (χ2v) is 12.9. The van der Waals surface area contributed by atoms with Crippen molar-refractivity contribution in [3.63, 3.8) is 0 Å². The molecule has 190 valence electrons. The number of para-hydroxylation sites is 1. The van der Waals surface area contributed by atoms with Crippen LogP contribution >= 0.6 is 34.5 Å². The lowest BCUT2D eigenvalue weighted by molar-refractivity contribution is -0.0122. The van der Waals surface area contributed by atoms with Gasteiger partial charge in [-0.1, -0.05) is 70.0 Å². The molecule has 4 aromatic rings. The van der Waals surface area contributed by atoms with E-state index in [0.29, 0.717) is 16.0 Å². The summed E-state index contributed by atoms with van der Waals surface area (Å²) in [6.07, 6.45) is 14.1. The van der Waals surface area contributed by atoms with Crippen molar-refractivity contribution in [2.75, 3.05) is 6.61 Å². The molecule has 8 rings (SSSR count). The van der Waals surface area contributed by atoms with Crippen molar-refractivity contribution in [3.05, 3.63) is 69.9 Å². The third-order valence-corrected chi connectivity index (χ3v) is 10.3. The van der Waals surface area contributed by atoms with E-state index in [9.17, 15) is 0 Å². The van der Waals surface area contributed by atoms with E-state index in [1.165, 1.54) is 43.2 Å². The number of ether oxygens (including phenoxy) is 1. The zero-order valence-corrected chi connectivity index (χ0v) is 22.8. The summed E-state index contributed by atoms with van der Waals surface area (Å²) >= 11 is 14.8. The number of benzene rings is 2. The predicted molar refractivity (Wildman–Crippen MR) is 151 cm³/mol. The summed E-state index contributed by atoms with van der Waals surface area (Å²) in [4.78, 5) is 4.67. The van der Waals surface area contributed by atoms with Gasteiger partial charge in [0, 0.05) is 22.5 Å². The van der Waals surface area contributed by atoms with E-state index in [2.05, 4.69) is 34.4 Å². The zero-order valence-electron chi connectivity index (χ0n) is 20.5. The first-order valence-corrected chi connectivity index (χ1v) is 14.7. The Bertz CT molecular complexity index is 1420. The molecule has 0 amide bonds. The highest BCUT2D eigenvalue weighted by Crippen LogP contribution is 2.58. The Morgan fingerprint density at radius 3 is 2.41 bits per heavy atom. The average molecular weight is 552 g/mol. The molecule has 2 aromatic carbocycles. The van der Waals surface area contributed by atoms with Crippen LogP contribution in [0.1, 0.15) is 68.6 Å². The van der Waals surface area contributed by atoms with Crippen molar-refractivity contribution in [1.29, 1.82) is 0 Å². The van der Waals surface area contributed by atoms with Gasteiger partial charge >= 0.3 is 0 Å². The minimum absolute atomic E-state index is 0.219. The number of rotatable bonds is 7. The Kier molecular flexibility index (Phi) is 5.87. The van der Waals surface area contributed by atoms with Crippen LogP contribution in [-0.2, 0) is 0 Å². The Morgan fingerprint density at radius 2 is 1.70 bits per heavy atom. The Labute approximate surface area is 230 Å². The Hall–Kier alpha value is -2.34. The van der Waals surface area contributed by atoms with Crippen LogP contribution in [0, 0.1) is 10.8 Å². The van der Waals surface area contributed by atoms with E-state index in [4.69, 9.17) is 32.5 Å². The van der Waals surface area contributed by atoms with Crippen LogP contribution in [0.5, 0.6) is 5.19 Å². The Balaban J connectivity index is 1.09. The molecular formula is C30H28Cl2N2O2S. The molecular weight excluding hydrogens is 523 g/mol. The zero-order chi connectivity index (χ0) is 25.0. The SMILES string of the molecule is Clc1cccc(Cl)c1-c1noc(C2CC2)c1C=CC12CCC(COc3nc4ccccc4s3)(CC1)CC2. The summed E-state index contributed by atoms with van der Waals surface area (Å²) in [7, 11) is 0. The molecule has 4 saturated carbocycles. The highest BCUT2D eigenvalue weighted by molar-refractivity contribution is 7.20. The second-order valence-electron chi connectivity index (χ2n) is 11.1. The number of hydrogen-bond acceptors (Lipinski definition) is 5. The maximum absolute atomic E-state index is 6.56. The van der Waals surface area contributed by atoms with Gasteiger partial charge in [-0.05, 0) is 81.0 Å². The smallest absolute Gasteiger partial charge is 0.274 e. The van der Waals surface area contributed by atoms with Gasteiger partial charge in [-0.25, -0.2) is 4.98 Å². The van der Waals surface area contributed by atoms with Crippen molar-refractivity contribution in [3.8, 4) is 16.5 Å². The standard InChI is InChI=1S/C30H28Cl2N2O2S/c31-21-4-3-5-22(32)25(21)26-20(27(36-34-26)19-8-9-19)10-11-29-12-15-30(16-13-29,17-14-29)18-35-28-33-23-6-1-2-7-24(23)37-28/h1-7,10-11,19H,8-9,12-18H2. The number of nitrogens with zero attached hydrogens (tertiary/aromatic N) is 2. The van der Waals surface area contributed by atoms with Crippen molar-refractivity contribution in [2.24, 2.45) is 10.8 Å². The van der Waals surface area contributed by atoms with E-state index >= 15 is 0 Å². The molecule has 0 saturated heterocycles. The predicted octanol–water partition coefficient (Wildman–Crippen LogP) is 9.57. The number of aromatic nitrogens is 2. The van der Waals surface area contributed by atoms with Crippen molar-refractivity contribution >= 4 is 50.8 Å². The number of allylic oxidation sites excluding steroid dienone is 1. The summed E-state index contributed by atoms with van der Waals surface area (Å²) < 4.78 is 13.3. The molecule has 0 N–H and O–H groups in total. The van der Waals surface area contributed by atoms with E-state index < -0.39 is 0 Å². The van der Waals surface area contributed by atoms with Crippen LogP contribution in [0.15, 0.2) is 53.1 Å². The minimum Gasteiger partial charge on any atom is -0.469 e. The molecule has 2 aromatic heterocycles. The van der Waals surface area contributed by atoms with Crippen LogP contribution in [0.3, 0.4) is 0 Å². The first-order chi connectivity index (χ1) is 18.0. The molecule has 4 fully saturated rings. The fourth-order valence-electron chi connectivity index (χ4n) is 6.16. The van der Waals surface area contributed by atoms with Crippen LogP contribution in [0.25, 0.3) is 27.6 Å². The van der Waals surface area contributed by atoms with Gasteiger partial charge in [0.15, 0.2) is 0 Å². The molecule has 0 aliphatic heterocycles. The van der Waals surface area contributed by atoms with Gasteiger partial charge < -0.3 is 9.26 Å². The van der Waals surface area contributed by atoms with Gasteiger partial charge in [0.05, 0.1) is 26.9 Å². The van der Waals surface area contributed by atoms with Crippen molar-refractivity contribution < 1.29 is 9.26 Å². The van der Waals surface area contributed by atoms with E-state index in [1.54, 1.807) is 11.3 Å². The molecule has 0 atom stereocenters. The summed E-state index contributed by atoms with van der Waals surface area (Å²) in [5.41, 5.74) is 4.08. The number of hydrogen-bond donors (Lipinski definition) is 0. The van der Waals surface area contributed by atoms with E-state index in [1.807, 2.05) is 30.3 Å². The molecule has 2 bridgehead atoms. The van der Waals surface area contributed by atoms with Gasteiger partial charge in [-0.2, -0.15) is 0 Å². The van der Waals surface area contributed by atoms with E-state index in [0.717, 1.165) is 52.7 Å². The largest absolute Gasteiger partial charge is 0.469 e. The molecule has 0 radical (unpaired) electrons. The van der Waals surface area contributed by atoms with E-state index in [-0.39, 0.29) is 10.8 Å². The van der Waals surface area contributed by atoms with Gasteiger partial charge in [-0.15, -0.1) is 0 Å². The van der Waals surface area contributed by atoms with Gasteiger partial charge in [0.2, 0.25) is 0 Å². The Morgan fingerprint density at radius 1 is 0.973 bits per heavy atom. The fraction of sp³-hybridized carbons (Fsp3) is 0.400. The number of fused-ring (bicyclic) bond motifs is 4. The topological polar surface area (TPSA) is 48.2 Å². The lowest BCUT2D eigenvalue weighted by Gasteiger charge is -2.52. The minimum atomic E-state index is 0.219. The van der Waals surface area contributed by atoms with Gasteiger partial charge in [-0.3, -0.25) is 0 Å². The first kappa shape index (κ1) is 23.8. The second kappa shape index (κ2) is 9.14. The number of thiazole rings is 1. The highest BCUT2D eigenvalue weighted by atomic mass is 35.5. The van der Waals surface area contributed by atoms with Gasteiger partial charge in [0.1, 0.15) is 11.5 Å². The summed E-state index contributed by atoms with van der Waals surface area (Å²) in [5.74, 6) is 1.42. The fourth-order valence-corrected chi connectivity index (χ4v) is 7.55. The molecule has 4 aliphatic carbocycles. The summed E-state index contributed by atoms with van der Waals surface area (Å²) in [6.45, 7) is 0.763.